The Bertz CT molecular complexity index is 201. The maximum absolute atomic E-state index is 5.48. The van der Waals surface area contributed by atoms with Crippen molar-refractivity contribution in [2.24, 2.45) is 0 Å². The molecular formula is C5H7N3S. The fraction of sp³-hybridized carbons (Fsp3) is 0.200. The van der Waals surface area contributed by atoms with Gasteiger partial charge in [0.2, 0.25) is 0 Å². The van der Waals surface area contributed by atoms with E-state index >= 15 is 0 Å². The lowest BCUT2D eigenvalue weighted by atomic mass is 10.3. The van der Waals surface area contributed by atoms with Crippen LogP contribution in [0.2, 0.25) is 0 Å². The van der Waals surface area contributed by atoms with E-state index in [0.29, 0.717) is 11.4 Å². The number of rotatable bonds is 1. The van der Waals surface area contributed by atoms with Gasteiger partial charge in [-0.3, -0.25) is 0 Å². The van der Waals surface area contributed by atoms with Gasteiger partial charge >= 0.3 is 0 Å². The van der Waals surface area contributed by atoms with Crippen LogP contribution in [0.25, 0.3) is 0 Å². The Kier molecular flexibility index (Phi) is 1.89. The summed E-state index contributed by atoms with van der Waals surface area (Å²) in [5, 5.41) is 7.22. The minimum Gasteiger partial charge on any atom is -0.397 e. The molecule has 3 nitrogen and oxygen atoms in total. The van der Waals surface area contributed by atoms with Crippen molar-refractivity contribution in [2.45, 2.75) is 5.75 Å². The van der Waals surface area contributed by atoms with Crippen LogP contribution in [0, 0.1) is 0 Å². The highest BCUT2D eigenvalue weighted by Gasteiger charge is 1.93. The zero-order valence-corrected chi connectivity index (χ0v) is 5.68. The Morgan fingerprint density at radius 2 is 2.11 bits per heavy atom. The molecule has 0 fully saturated rings. The average molecular weight is 141 g/mol. The van der Waals surface area contributed by atoms with Gasteiger partial charge in [-0.25, -0.2) is 0 Å². The largest absolute Gasteiger partial charge is 0.397 e. The standard InChI is InChI=1S/C5H7N3S/c6-5-2-8-7-1-4(5)3-9/h1-2,9H,3H2,(H2,6,7). The maximum atomic E-state index is 5.48. The molecule has 0 aliphatic heterocycles. The number of nitrogens with zero attached hydrogens (tertiary/aromatic N) is 2. The average Bonchev–Trinajstić information content (AvgIpc) is 1.89. The highest BCUT2D eigenvalue weighted by atomic mass is 32.1. The van der Waals surface area contributed by atoms with Crippen molar-refractivity contribution >= 4 is 18.3 Å². The van der Waals surface area contributed by atoms with Crippen molar-refractivity contribution in [3.63, 3.8) is 0 Å². The van der Waals surface area contributed by atoms with Gasteiger partial charge in [-0.1, -0.05) is 0 Å². The Morgan fingerprint density at radius 1 is 1.44 bits per heavy atom. The van der Waals surface area contributed by atoms with Crippen LogP contribution < -0.4 is 5.73 Å². The molecule has 0 atom stereocenters. The number of nitrogens with two attached hydrogens (primary N) is 1. The molecule has 0 saturated heterocycles. The summed E-state index contributed by atoms with van der Waals surface area (Å²) in [5.74, 6) is 0.612. The molecule has 0 aromatic carbocycles. The SMILES string of the molecule is Nc1cnncc1CS. The van der Waals surface area contributed by atoms with E-state index in [1.807, 2.05) is 0 Å². The summed E-state index contributed by atoms with van der Waals surface area (Å²) in [5.41, 5.74) is 7.06. The second kappa shape index (κ2) is 2.68. The minimum atomic E-state index is 0.612. The Morgan fingerprint density at radius 3 is 2.56 bits per heavy atom. The van der Waals surface area contributed by atoms with Crippen molar-refractivity contribution in [3.8, 4) is 0 Å². The number of thiol groups is 1. The third-order valence-corrected chi connectivity index (χ3v) is 1.36. The highest BCUT2D eigenvalue weighted by molar-refractivity contribution is 7.79. The first-order valence-corrected chi connectivity index (χ1v) is 3.13. The highest BCUT2D eigenvalue weighted by Crippen LogP contribution is 2.08. The zero-order valence-electron chi connectivity index (χ0n) is 4.78. The number of hydrogen-bond acceptors (Lipinski definition) is 4. The Labute approximate surface area is 58.7 Å². The van der Waals surface area contributed by atoms with Gasteiger partial charge in [0.1, 0.15) is 0 Å². The van der Waals surface area contributed by atoms with Crippen molar-refractivity contribution in [3.05, 3.63) is 18.0 Å². The van der Waals surface area contributed by atoms with Crippen molar-refractivity contribution in [2.75, 3.05) is 5.73 Å². The zero-order chi connectivity index (χ0) is 6.69. The lowest BCUT2D eigenvalue weighted by Gasteiger charge is -1.96. The van der Waals surface area contributed by atoms with E-state index in [4.69, 9.17) is 5.73 Å². The lowest BCUT2D eigenvalue weighted by molar-refractivity contribution is 1.02. The third kappa shape index (κ3) is 1.32. The molecule has 48 valence electrons. The summed E-state index contributed by atoms with van der Waals surface area (Å²) < 4.78 is 0. The van der Waals surface area contributed by atoms with E-state index < -0.39 is 0 Å². The number of nitrogen functional groups attached to an aromatic ring is 1. The molecule has 0 radical (unpaired) electrons. The van der Waals surface area contributed by atoms with Crippen molar-refractivity contribution < 1.29 is 0 Å². The van der Waals surface area contributed by atoms with Gasteiger partial charge in [0.15, 0.2) is 0 Å². The second-order valence-corrected chi connectivity index (χ2v) is 1.94. The van der Waals surface area contributed by atoms with Gasteiger partial charge in [-0.2, -0.15) is 22.8 Å². The van der Waals surface area contributed by atoms with Gasteiger partial charge in [0, 0.05) is 11.3 Å². The summed E-state index contributed by atoms with van der Waals surface area (Å²) in [4.78, 5) is 0. The first-order chi connectivity index (χ1) is 4.34. The number of anilines is 1. The summed E-state index contributed by atoms with van der Waals surface area (Å²) >= 11 is 4.03. The molecule has 0 spiro atoms. The molecule has 1 aromatic rings. The first kappa shape index (κ1) is 6.35. The van der Waals surface area contributed by atoms with Crippen LogP contribution in [0.1, 0.15) is 5.56 Å². The van der Waals surface area contributed by atoms with Crippen LogP contribution in [0.4, 0.5) is 5.69 Å². The van der Waals surface area contributed by atoms with Gasteiger partial charge in [0.25, 0.3) is 0 Å². The predicted molar refractivity (Wildman–Crippen MR) is 39.1 cm³/mol. The fourth-order valence-corrected chi connectivity index (χ4v) is 0.752. The predicted octanol–water partition coefficient (Wildman–Crippen LogP) is 0.489. The van der Waals surface area contributed by atoms with E-state index in [1.54, 1.807) is 6.20 Å². The summed E-state index contributed by atoms with van der Waals surface area (Å²) in [6.45, 7) is 0. The van der Waals surface area contributed by atoms with E-state index in [9.17, 15) is 0 Å². The van der Waals surface area contributed by atoms with Gasteiger partial charge in [0.05, 0.1) is 18.1 Å². The van der Waals surface area contributed by atoms with Crippen LogP contribution in [0.5, 0.6) is 0 Å². The third-order valence-electron chi connectivity index (χ3n) is 1.02. The number of hydrogen-bond donors (Lipinski definition) is 2. The first-order valence-electron chi connectivity index (χ1n) is 2.50. The van der Waals surface area contributed by atoms with Gasteiger partial charge < -0.3 is 5.73 Å². The number of aromatic nitrogens is 2. The molecule has 9 heavy (non-hydrogen) atoms. The summed E-state index contributed by atoms with van der Waals surface area (Å²) in [7, 11) is 0. The monoisotopic (exact) mass is 141 g/mol. The van der Waals surface area contributed by atoms with Crippen LogP contribution in [0.3, 0.4) is 0 Å². The van der Waals surface area contributed by atoms with Gasteiger partial charge in [-0.15, -0.1) is 0 Å². The van der Waals surface area contributed by atoms with Crippen LogP contribution >= 0.6 is 12.6 Å². The van der Waals surface area contributed by atoms with Crippen molar-refractivity contribution in [1.29, 1.82) is 0 Å². The van der Waals surface area contributed by atoms with E-state index in [-0.39, 0.29) is 0 Å². The Balaban J connectivity index is 3.01. The molecule has 0 aliphatic carbocycles. The van der Waals surface area contributed by atoms with Crippen LogP contribution in [-0.2, 0) is 5.75 Å². The summed E-state index contributed by atoms with van der Waals surface area (Å²) in [6, 6.07) is 0. The molecule has 0 amide bonds. The molecule has 0 unspecified atom stereocenters. The quantitative estimate of drug-likeness (QED) is 0.559. The molecule has 2 N–H and O–H groups in total. The van der Waals surface area contributed by atoms with E-state index in [2.05, 4.69) is 22.8 Å². The topological polar surface area (TPSA) is 51.8 Å². The maximum Gasteiger partial charge on any atom is 0.0728 e. The van der Waals surface area contributed by atoms with E-state index in [1.165, 1.54) is 6.20 Å². The molecule has 0 bridgehead atoms. The molecule has 1 heterocycles. The molecule has 0 saturated carbocycles. The summed E-state index contributed by atoms with van der Waals surface area (Å²) in [6.07, 6.45) is 3.13. The van der Waals surface area contributed by atoms with E-state index in [0.717, 1.165) is 5.56 Å². The second-order valence-electron chi connectivity index (χ2n) is 1.63. The Hall–Kier alpha value is -0.770. The smallest absolute Gasteiger partial charge is 0.0728 e. The minimum absolute atomic E-state index is 0.612. The molecule has 0 aliphatic rings. The molecule has 4 heteroatoms. The van der Waals surface area contributed by atoms with Crippen LogP contribution in [-0.4, -0.2) is 10.2 Å². The van der Waals surface area contributed by atoms with Crippen LogP contribution in [0.15, 0.2) is 12.4 Å². The molecule has 1 aromatic heterocycles. The fourth-order valence-electron chi connectivity index (χ4n) is 0.488. The molecular weight excluding hydrogens is 134 g/mol. The normalized spacial score (nSPS) is 9.44. The lowest BCUT2D eigenvalue weighted by Crippen LogP contribution is -1.93. The van der Waals surface area contributed by atoms with Crippen molar-refractivity contribution in [1.82, 2.24) is 10.2 Å². The molecule has 1 rings (SSSR count). The van der Waals surface area contributed by atoms with Gasteiger partial charge in [-0.05, 0) is 0 Å².